The van der Waals surface area contributed by atoms with Crippen LogP contribution in [0, 0.1) is 10.1 Å². The van der Waals surface area contributed by atoms with Gasteiger partial charge in [-0.1, -0.05) is 18.9 Å². The van der Waals surface area contributed by atoms with Crippen LogP contribution in [0.3, 0.4) is 0 Å². The zero-order valence-corrected chi connectivity index (χ0v) is 17.7. The topological polar surface area (TPSA) is 66.7 Å². The van der Waals surface area contributed by atoms with Gasteiger partial charge in [-0.05, 0) is 44.8 Å². The molecule has 2 aliphatic rings. The molecule has 1 aliphatic carbocycles. The second kappa shape index (κ2) is 9.96. The van der Waals surface area contributed by atoms with E-state index in [1.807, 2.05) is 0 Å². The third kappa shape index (κ3) is 5.43. The van der Waals surface area contributed by atoms with E-state index < -0.39 is 22.4 Å². The lowest BCUT2D eigenvalue weighted by atomic mass is 9.88. The summed E-state index contributed by atoms with van der Waals surface area (Å²) in [5, 5.41) is 11.3. The number of likely N-dealkylation sites (N-methyl/N-ethyl adjacent to an activating group) is 1. The number of rotatable bonds is 5. The molecule has 1 saturated carbocycles. The molecule has 1 amide bonds. The van der Waals surface area contributed by atoms with Gasteiger partial charge in [-0.15, -0.1) is 12.4 Å². The Morgan fingerprint density at radius 1 is 1.20 bits per heavy atom. The van der Waals surface area contributed by atoms with E-state index in [9.17, 15) is 28.1 Å². The van der Waals surface area contributed by atoms with Crippen molar-refractivity contribution in [3.05, 3.63) is 39.4 Å². The fourth-order valence-corrected chi connectivity index (χ4v) is 4.57. The van der Waals surface area contributed by atoms with Crippen LogP contribution in [-0.4, -0.2) is 52.9 Å². The normalized spacial score (nSPS) is 22.4. The molecule has 2 unspecified atom stereocenters. The maximum atomic E-state index is 12.9. The minimum absolute atomic E-state index is 0. The van der Waals surface area contributed by atoms with Crippen LogP contribution in [0.1, 0.15) is 49.7 Å². The first-order valence-electron chi connectivity index (χ1n) is 10.0. The van der Waals surface area contributed by atoms with Crippen molar-refractivity contribution >= 4 is 24.0 Å². The highest BCUT2D eigenvalue weighted by Gasteiger charge is 2.37. The molecule has 168 valence electrons. The summed E-state index contributed by atoms with van der Waals surface area (Å²) in [6, 6.07) is 2.66. The summed E-state index contributed by atoms with van der Waals surface area (Å²) in [4.78, 5) is 27.4. The number of hydrogen-bond acceptors (Lipinski definition) is 4. The van der Waals surface area contributed by atoms with Crippen molar-refractivity contribution in [1.29, 1.82) is 0 Å². The SMILES string of the molecule is CN(C(=O)Cc1ccc(C(F)(F)F)cc1[N+](=O)[O-])C1CCCCC1N1CCCC1.Cl. The lowest BCUT2D eigenvalue weighted by Crippen LogP contribution is -2.53. The molecule has 0 bridgehead atoms. The number of likely N-dealkylation sites (tertiary alicyclic amines) is 1. The summed E-state index contributed by atoms with van der Waals surface area (Å²) in [5.74, 6) is -0.302. The Bertz CT molecular complexity index is 769. The van der Waals surface area contributed by atoms with E-state index in [4.69, 9.17) is 0 Å². The molecule has 0 spiro atoms. The Kier molecular flexibility index (Phi) is 8.10. The number of nitro groups is 1. The Labute approximate surface area is 180 Å². The zero-order chi connectivity index (χ0) is 21.2. The van der Waals surface area contributed by atoms with Crippen LogP contribution >= 0.6 is 12.4 Å². The predicted octanol–water partition coefficient (Wildman–Crippen LogP) is 4.44. The summed E-state index contributed by atoms with van der Waals surface area (Å²) >= 11 is 0. The standard InChI is InChI=1S/C20H26F3N3O3.ClH/c1-24(16-6-2-3-7-17(16)25-10-4-5-11-25)19(27)12-14-8-9-15(20(21,22)23)13-18(14)26(28)29;/h8-9,13,16-17H,2-7,10-12H2,1H3;1H. The average molecular weight is 450 g/mol. The second-order valence-electron chi connectivity index (χ2n) is 7.94. The number of carbonyl (C=O) groups is 1. The lowest BCUT2D eigenvalue weighted by Gasteiger charge is -2.42. The van der Waals surface area contributed by atoms with Crippen molar-refractivity contribution < 1.29 is 22.9 Å². The van der Waals surface area contributed by atoms with Gasteiger partial charge < -0.3 is 4.90 Å². The van der Waals surface area contributed by atoms with Crippen LogP contribution in [0.4, 0.5) is 18.9 Å². The molecule has 1 aliphatic heterocycles. The highest BCUT2D eigenvalue weighted by atomic mass is 35.5. The van der Waals surface area contributed by atoms with Crippen molar-refractivity contribution in [2.45, 2.75) is 63.2 Å². The van der Waals surface area contributed by atoms with Gasteiger partial charge in [-0.3, -0.25) is 19.8 Å². The van der Waals surface area contributed by atoms with Crippen molar-refractivity contribution in [3.63, 3.8) is 0 Å². The summed E-state index contributed by atoms with van der Waals surface area (Å²) in [7, 11) is 1.71. The fraction of sp³-hybridized carbons (Fsp3) is 0.650. The number of nitrogens with zero attached hydrogens (tertiary/aromatic N) is 3. The van der Waals surface area contributed by atoms with Gasteiger partial charge in [0.05, 0.1) is 16.9 Å². The molecular formula is C20H27ClF3N3O3. The average Bonchev–Trinajstić information content (AvgIpc) is 3.21. The fourth-order valence-electron chi connectivity index (χ4n) is 4.57. The summed E-state index contributed by atoms with van der Waals surface area (Å²) in [6.07, 6.45) is 1.37. The third-order valence-electron chi connectivity index (χ3n) is 6.15. The van der Waals surface area contributed by atoms with Crippen molar-refractivity contribution in [2.75, 3.05) is 20.1 Å². The van der Waals surface area contributed by atoms with Gasteiger partial charge >= 0.3 is 6.18 Å². The van der Waals surface area contributed by atoms with Gasteiger partial charge in [0, 0.05) is 30.8 Å². The Morgan fingerprint density at radius 2 is 1.83 bits per heavy atom. The number of amides is 1. The minimum Gasteiger partial charge on any atom is -0.341 e. The molecule has 10 heteroatoms. The molecule has 2 atom stereocenters. The van der Waals surface area contributed by atoms with Crippen LogP contribution in [0.25, 0.3) is 0 Å². The Morgan fingerprint density at radius 3 is 2.43 bits per heavy atom. The van der Waals surface area contributed by atoms with Crippen molar-refractivity contribution in [3.8, 4) is 0 Å². The van der Waals surface area contributed by atoms with E-state index in [0.717, 1.165) is 63.7 Å². The van der Waals surface area contributed by atoms with Gasteiger partial charge in [-0.2, -0.15) is 13.2 Å². The molecular weight excluding hydrogens is 423 g/mol. The zero-order valence-electron chi connectivity index (χ0n) is 16.9. The minimum atomic E-state index is -4.67. The van der Waals surface area contributed by atoms with Gasteiger partial charge in [0.2, 0.25) is 5.91 Å². The van der Waals surface area contributed by atoms with Crippen molar-refractivity contribution in [2.24, 2.45) is 0 Å². The Balaban J connectivity index is 0.00000320. The lowest BCUT2D eigenvalue weighted by molar-refractivity contribution is -0.385. The monoisotopic (exact) mass is 449 g/mol. The summed E-state index contributed by atoms with van der Waals surface area (Å²) in [5.41, 5.74) is -1.75. The molecule has 1 aromatic carbocycles. The van der Waals surface area contributed by atoms with Gasteiger partial charge in [0.25, 0.3) is 5.69 Å². The number of halogens is 4. The molecule has 1 saturated heterocycles. The van der Waals surface area contributed by atoms with E-state index in [2.05, 4.69) is 4.90 Å². The molecule has 1 heterocycles. The second-order valence-corrected chi connectivity index (χ2v) is 7.94. The number of alkyl halides is 3. The highest BCUT2D eigenvalue weighted by molar-refractivity contribution is 5.85. The quantitative estimate of drug-likeness (QED) is 0.492. The van der Waals surface area contributed by atoms with Crippen LogP contribution in [-0.2, 0) is 17.4 Å². The summed E-state index contributed by atoms with van der Waals surface area (Å²) < 4.78 is 38.7. The highest BCUT2D eigenvalue weighted by Crippen LogP contribution is 2.34. The first kappa shape index (κ1) is 24.4. The van der Waals surface area contributed by atoms with E-state index in [0.29, 0.717) is 6.07 Å². The smallest absolute Gasteiger partial charge is 0.341 e. The van der Waals surface area contributed by atoms with Crippen LogP contribution in [0.15, 0.2) is 18.2 Å². The van der Waals surface area contributed by atoms with Gasteiger partial charge in [0.15, 0.2) is 0 Å². The van der Waals surface area contributed by atoms with Crippen LogP contribution < -0.4 is 0 Å². The van der Waals surface area contributed by atoms with Gasteiger partial charge in [0.1, 0.15) is 0 Å². The predicted molar refractivity (Wildman–Crippen MR) is 109 cm³/mol. The van der Waals surface area contributed by atoms with E-state index in [-0.39, 0.29) is 42.4 Å². The van der Waals surface area contributed by atoms with E-state index >= 15 is 0 Å². The van der Waals surface area contributed by atoms with E-state index in [1.54, 1.807) is 11.9 Å². The maximum absolute atomic E-state index is 12.9. The van der Waals surface area contributed by atoms with E-state index in [1.165, 1.54) is 0 Å². The molecule has 6 nitrogen and oxygen atoms in total. The molecule has 3 rings (SSSR count). The molecule has 0 aromatic heterocycles. The molecule has 2 fully saturated rings. The first-order chi connectivity index (χ1) is 13.7. The maximum Gasteiger partial charge on any atom is 0.416 e. The number of benzene rings is 1. The Hall–Kier alpha value is -1.87. The third-order valence-corrected chi connectivity index (χ3v) is 6.15. The van der Waals surface area contributed by atoms with Crippen LogP contribution in [0.5, 0.6) is 0 Å². The molecule has 30 heavy (non-hydrogen) atoms. The summed E-state index contributed by atoms with van der Waals surface area (Å²) in [6.45, 7) is 2.04. The van der Waals surface area contributed by atoms with Crippen molar-refractivity contribution in [1.82, 2.24) is 9.80 Å². The number of hydrogen-bond donors (Lipinski definition) is 0. The molecule has 0 N–H and O–H groups in total. The molecule has 0 radical (unpaired) electrons. The number of carbonyl (C=O) groups excluding carboxylic acids is 1. The number of nitro benzene ring substituents is 1. The van der Waals surface area contributed by atoms with Crippen LogP contribution in [0.2, 0.25) is 0 Å². The molecule has 1 aromatic rings. The largest absolute Gasteiger partial charge is 0.416 e. The van der Waals surface area contributed by atoms with Gasteiger partial charge in [-0.25, -0.2) is 0 Å². The first-order valence-corrected chi connectivity index (χ1v) is 10.0.